The van der Waals surface area contributed by atoms with Crippen LogP contribution in [0.2, 0.25) is 0 Å². The second kappa shape index (κ2) is 29.3. The Kier molecular flexibility index (Phi) is 21.0. The molecule has 0 spiro atoms. The molecule has 2 saturated heterocycles. The van der Waals surface area contributed by atoms with Crippen molar-refractivity contribution in [3.8, 4) is 33.4 Å². The maximum atomic E-state index is 13.8. The number of hydrogen-bond donors (Lipinski definition) is 2. The number of methoxy groups -OCH3 is 4. The third-order valence-electron chi connectivity index (χ3n) is 18.0. The zero-order valence-electron chi connectivity index (χ0n) is 50.7. The van der Waals surface area contributed by atoms with Crippen LogP contribution in [-0.2, 0) is 63.9 Å². The van der Waals surface area contributed by atoms with Crippen LogP contribution in [0.1, 0.15) is 60.8 Å². The summed E-state index contributed by atoms with van der Waals surface area (Å²) in [5.74, 6) is 1.96. The molecule has 2 saturated carbocycles. The Balaban J connectivity index is 0.685. The standard InChI is InChI=1S/C70H84N6O10/c1-73(45-67(81-3)82-4)65(77)31-23-47-19-21-49(22-20-47)39-75-41-55-34-59(35-56(55)42-75)85-69(79)71-63-18-11-10-17-61(63)53-27-25-51(26-28-53)54-29-30-62(52-15-8-7-9-16-52)64(38-54)72-70(80)86-60-36-57-43-76(44-58(57)37-60)40-50-14-12-13-48(33-50)24-32-66(78)74(2)46-68(83-5)84-6/h7-22,25-30,33,38,55-60,67-68H,23-24,31-32,34-37,39-46H2,1-6H3,(H,71,79)(H,72,80)/t55-,56+,57-,58+,59+,60+. The Labute approximate surface area is 507 Å². The van der Waals surface area contributed by atoms with Crippen molar-refractivity contribution in [1.29, 1.82) is 0 Å². The second-order valence-corrected chi connectivity index (χ2v) is 23.9. The van der Waals surface area contributed by atoms with Crippen LogP contribution in [0.15, 0.2) is 146 Å². The summed E-state index contributed by atoms with van der Waals surface area (Å²) in [7, 11) is 9.83. The Hall–Kier alpha value is -7.44. The number of rotatable bonds is 25. The Bertz CT molecular complexity index is 3200. The molecular formula is C70H84N6O10. The Morgan fingerprint density at radius 1 is 0.453 bits per heavy atom. The van der Waals surface area contributed by atoms with Crippen LogP contribution < -0.4 is 10.6 Å². The van der Waals surface area contributed by atoms with Crippen LogP contribution in [0.25, 0.3) is 33.4 Å². The fraction of sp³-hybridized carbons (Fsp3) is 0.429. The number of anilines is 2. The lowest BCUT2D eigenvalue weighted by Gasteiger charge is -2.22. The predicted octanol–water partition coefficient (Wildman–Crippen LogP) is 11.6. The van der Waals surface area contributed by atoms with Crippen molar-refractivity contribution >= 4 is 35.4 Å². The van der Waals surface area contributed by atoms with Crippen molar-refractivity contribution < 1.29 is 47.6 Å². The smallest absolute Gasteiger partial charge is 0.411 e. The molecule has 0 bridgehead atoms. The van der Waals surface area contributed by atoms with Gasteiger partial charge in [-0.1, -0.05) is 133 Å². The maximum absolute atomic E-state index is 13.8. The average molecular weight is 1170 g/mol. The number of nitrogens with one attached hydrogen (secondary N) is 2. The first-order chi connectivity index (χ1) is 41.8. The number of carbonyl (C=O) groups is 4. The van der Waals surface area contributed by atoms with E-state index in [1.807, 2.05) is 60.7 Å². The van der Waals surface area contributed by atoms with E-state index in [4.69, 9.17) is 28.4 Å². The number of para-hydroxylation sites is 1. The Morgan fingerprint density at radius 3 is 1.45 bits per heavy atom. The third kappa shape index (κ3) is 16.1. The SMILES string of the molecule is COC(CN(C)C(=O)CCc1ccc(CN2C[C@H]3C[C@H](OC(=O)Nc4ccccc4-c4ccc(-c5ccc(-c6ccccc6)c(NC(=O)O[C@H]6C[C@@H]7CN(Cc8cccc(CCC(=O)N(C)CC(OC)OC)c8)C[C@@H]7C6)c5)cc4)C[C@H]3C2)cc1)OC. The third-order valence-corrected chi connectivity index (χ3v) is 18.0. The summed E-state index contributed by atoms with van der Waals surface area (Å²) in [5, 5.41) is 6.21. The van der Waals surface area contributed by atoms with E-state index in [1.54, 1.807) is 52.3 Å². The first-order valence-corrected chi connectivity index (χ1v) is 30.3. The van der Waals surface area contributed by atoms with Gasteiger partial charge in [0.15, 0.2) is 12.6 Å². The number of carbonyl (C=O) groups excluding carboxylic acids is 4. The number of fused-ring (bicyclic) bond motifs is 2. The highest BCUT2D eigenvalue weighted by molar-refractivity contribution is 5.94. The van der Waals surface area contributed by atoms with Gasteiger partial charge in [0, 0.05) is 106 Å². The van der Waals surface area contributed by atoms with Gasteiger partial charge in [-0.3, -0.25) is 30.0 Å². The monoisotopic (exact) mass is 1170 g/mol. The number of likely N-dealkylation sites (tertiary alicyclic amines) is 2. The van der Waals surface area contributed by atoms with E-state index >= 15 is 0 Å². The van der Waals surface area contributed by atoms with Gasteiger partial charge in [0.1, 0.15) is 12.2 Å². The fourth-order valence-electron chi connectivity index (χ4n) is 13.3. The van der Waals surface area contributed by atoms with Crippen LogP contribution in [0.5, 0.6) is 0 Å². The number of aryl methyl sites for hydroxylation is 2. The van der Waals surface area contributed by atoms with Gasteiger partial charge in [-0.15, -0.1) is 0 Å². The van der Waals surface area contributed by atoms with Gasteiger partial charge in [-0.05, 0) is 119 Å². The second-order valence-electron chi connectivity index (χ2n) is 23.9. The van der Waals surface area contributed by atoms with Gasteiger partial charge < -0.3 is 38.2 Å². The Morgan fingerprint density at radius 2 is 0.895 bits per heavy atom. The summed E-state index contributed by atoms with van der Waals surface area (Å²) >= 11 is 0. The average Bonchev–Trinajstić information content (AvgIpc) is 3.72. The molecule has 10 rings (SSSR count). The summed E-state index contributed by atoms with van der Waals surface area (Å²) < 4.78 is 33.3. The number of hydrogen-bond acceptors (Lipinski definition) is 12. The number of ether oxygens (including phenoxy) is 6. The molecule has 0 unspecified atom stereocenters. The molecule has 16 heteroatoms. The van der Waals surface area contributed by atoms with Crippen molar-refractivity contribution in [2.75, 3.05) is 92.4 Å². The molecule has 6 aromatic carbocycles. The van der Waals surface area contributed by atoms with E-state index in [-0.39, 0.29) is 24.0 Å². The van der Waals surface area contributed by atoms with Crippen molar-refractivity contribution in [3.63, 3.8) is 0 Å². The first kappa shape index (κ1) is 61.6. The zero-order valence-corrected chi connectivity index (χ0v) is 50.7. The number of nitrogens with zero attached hydrogens (tertiary/aromatic N) is 4. The van der Waals surface area contributed by atoms with Gasteiger partial charge in [0.05, 0.1) is 24.5 Å². The molecule has 0 radical (unpaired) electrons. The normalized spacial score (nSPS) is 20.0. The van der Waals surface area contributed by atoms with Crippen molar-refractivity contribution in [3.05, 3.63) is 168 Å². The highest BCUT2D eigenvalue weighted by Crippen LogP contribution is 2.42. The molecular weight excluding hydrogens is 1080 g/mol. The lowest BCUT2D eigenvalue weighted by Crippen LogP contribution is -2.36. The molecule has 86 heavy (non-hydrogen) atoms. The summed E-state index contributed by atoms with van der Waals surface area (Å²) in [6.07, 6.45) is 3.44. The molecule has 0 aromatic heterocycles. The topological polar surface area (TPSA) is 161 Å². The van der Waals surface area contributed by atoms with Crippen LogP contribution >= 0.6 is 0 Å². The van der Waals surface area contributed by atoms with Crippen molar-refractivity contribution in [2.45, 2.75) is 89.2 Å². The number of benzene rings is 6. The molecule has 2 aliphatic heterocycles. The largest absolute Gasteiger partial charge is 0.446 e. The van der Waals surface area contributed by atoms with Gasteiger partial charge >= 0.3 is 12.2 Å². The lowest BCUT2D eigenvalue weighted by molar-refractivity contribution is -0.143. The highest BCUT2D eigenvalue weighted by atomic mass is 16.7. The van der Waals surface area contributed by atoms with Crippen LogP contribution in [-0.4, -0.2) is 150 Å². The number of amides is 4. The van der Waals surface area contributed by atoms with E-state index < -0.39 is 24.8 Å². The predicted molar refractivity (Wildman–Crippen MR) is 334 cm³/mol. The zero-order chi connectivity index (χ0) is 60.1. The summed E-state index contributed by atoms with van der Waals surface area (Å²) in [4.78, 5) is 61.2. The van der Waals surface area contributed by atoms with E-state index in [0.717, 1.165) is 109 Å². The minimum absolute atomic E-state index is 0.0519. The van der Waals surface area contributed by atoms with E-state index in [1.165, 1.54) is 11.1 Å². The summed E-state index contributed by atoms with van der Waals surface area (Å²) in [5.41, 5.74) is 11.7. The molecule has 6 atom stereocenters. The minimum atomic E-state index is -0.456. The highest BCUT2D eigenvalue weighted by Gasteiger charge is 2.43. The van der Waals surface area contributed by atoms with Gasteiger partial charge in [0.25, 0.3) is 0 Å². The molecule has 6 aromatic rings. The van der Waals surface area contributed by atoms with Crippen LogP contribution in [0, 0.1) is 23.7 Å². The van der Waals surface area contributed by atoms with Crippen LogP contribution in [0.3, 0.4) is 0 Å². The molecule has 2 heterocycles. The molecule has 454 valence electrons. The molecule has 2 N–H and O–H groups in total. The van der Waals surface area contributed by atoms with Gasteiger partial charge in [-0.2, -0.15) is 0 Å². The molecule has 4 aliphatic rings. The van der Waals surface area contributed by atoms with Crippen molar-refractivity contribution in [1.82, 2.24) is 19.6 Å². The number of likely N-dealkylation sites (N-methyl/N-ethyl adjacent to an activating group) is 2. The molecule has 2 aliphatic carbocycles. The molecule has 4 fully saturated rings. The minimum Gasteiger partial charge on any atom is -0.446 e. The summed E-state index contributed by atoms with van der Waals surface area (Å²) in [6, 6.07) is 49.4. The lowest BCUT2D eigenvalue weighted by atomic mass is 9.96. The maximum Gasteiger partial charge on any atom is 0.411 e. The summed E-state index contributed by atoms with van der Waals surface area (Å²) in [6.45, 7) is 6.33. The molecule has 4 amide bonds. The van der Waals surface area contributed by atoms with Gasteiger partial charge in [0.2, 0.25) is 11.8 Å². The van der Waals surface area contributed by atoms with Crippen molar-refractivity contribution in [2.24, 2.45) is 23.7 Å². The molecule has 16 nitrogen and oxygen atoms in total. The van der Waals surface area contributed by atoms with E-state index in [9.17, 15) is 19.2 Å². The van der Waals surface area contributed by atoms with Gasteiger partial charge in [-0.25, -0.2) is 9.59 Å². The van der Waals surface area contributed by atoms with E-state index in [0.29, 0.717) is 73.8 Å². The van der Waals surface area contributed by atoms with Crippen LogP contribution in [0.4, 0.5) is 21.0 Å². The quantitative estimate of drug-likeness (QED) is 0.0523. The van der Waals surface area contributed by atoms with E-state index in [2.05, 4.69) is 105 Å². The first-order valence-electron chi connectivity index (χ1n) is 30.3. The fourth-order valence-corrected chi connectivity index (χ4v) is 13.3.